The third-order valence-electron chi connectivity index (χ3n) is 6.01. The van der Waals surface area contributed by atoms with Gasteiger partial charge in [0.05, 0.1) is 18.4 Å². The minimum absolute atomic E-state index is 0.0251. The van der Waals surface area contributed by atoms with Gasteiger partial charge in [0.15, 0.2) is 0 Å². The molecule has 2 aromatic carbocycles. The van der Waals surface area contributed by atoms with Crippen molar-refractivity contribution in [2.24, 2.45) is 11.8 Å². The number of hydrogen-bond donors (Lipinski definition) is 1. The molecule has 1 fully saturated rings. The van der Waals surface area contributed by atoms with Gasteiger partial charge in [-0.25, -0.2) is 9.18 Å². The van der Waals surface area contributed by atoms with Crippen molar-refractivity contribution in [1.29, 1.82) is 0 Å². The Morgan fingerprint density at radius 2 is 1.89 bits per heavy atom. The number of nitrogens with one attached hydrogen (secondary N) is 1. The summed E-state index contributed by atoms with van der Waals surface area (Å²) in [5.41, 5.74) is 0.575. The molecule has 0 bridgehead atoms. The van der Waals surface area contributed by atoms with E-state index in [0.717, 1.165) is 19.5 Å². The summed E-state index contributed by atoms with van der Waals surface area (Å²) in [7, 11) is 1.31. The van der Waals surface area contributed by atoms with Gasteiger partial charge in [0.2, 0.25) is 11.9 Å². The number of methoxy groups -OCH3 is 1. The maximum Gasteiger partial charge on any atom is 0.337 e. The van der Waals surface area contributed by atoms with E-state index in [-0.39, 0.29) is 17.6 Å². The summed E-state index contributed by atoms with van der Waals surface area (Å²) < 4.78 is 25.0. The van der Waals surface area contributed by atoms with E-state index in [1.165, 1.54) is 13.2 Å². The molecule has 1 saturated heterocycles. The van der Waals surface area contributed by atoms with Crippen molar-refractivity contribution in [2.75, 3.05) is 30.4 Å². The van der Waals surface area contributed by atoms with Gasteiger partial charge < -0.3 is 19.7 Å². The van der Waals surface area contributed by atoms with Crippen LogP contribution >= 0.6 is 0 Å². The second kappa shape index (κ2) is 9.92. The molecule has 3 aromatic rings. The second-order valence-corrected chi connectivity index (χ2v) is 8.30. The fourth-order valence-corrected chi connectivity index (χ4v) is 4.22. The Hall–Kier alpha value is -4.27. The highest BCUT2D eigenvalue weighted by Crippen LogP contribution is 2.32. The highest BCUT2D eigenvalue weighted by molar-refractivity contribution is 5.89. The van der Waals surface area contributed by atoms with Crippen molar-refractivity contribution < 1.29 is 18.7 Å². The number of anilines is 3. The Balaban J connectivity index is 1.46. The number of carbonyl (C=O) groups excluding carboxylic acids is 1. The van der Waals surface area contributed by atoms with Crippen LogP contribution in [0.3, 0.4) is 0 Å². The van der Waals surface area contributed by atoms with Crippen LogP contribution in [0.25, 0.3) is 0 Å². The van der Waals surface area contributed by atoms with Crippen LogP contribution in [0.15, 0.2) is 72.8 Å². The molecular formula is C26H24FN5O3. The number of aromatic nitrogens is 3. The van der Waals surface area contributed by atoms with Gasteiger partial charge in [-0.3, -0.25) is 0 Å². The van der Waals surface area contributed by atoms with Gasteiger partial charge in [-0.2, -0.15) is 15.0 Å². The van der Waals surface area contributed by atoms with Gasteiger partial charge in [0.1, 0.15) is 11.6 Å². The maximum absolute atomic E-state index is 14.3. The van der Waals surface area contributed by atoms with Crippen molar-refractivity contribution >= 4 is 23.6 Å². The first kappa shape index (κ1) is 22.5. The number of hydrogen-bond acceptors (Lipinski definition) is 8. The molecule has 0 saturated carbocycles. The standard InChI is InChI=1S/C26H24FN5O3/c1-34-23(33)18-9-6-10-20(15-18)35-26-30-24(28-22-12-5-4-11-21(22)27)29-25(31-26)32-14-13-17-7-2-3-8-19(17)16-32/h2-12,15,17,19H,13-14,16H2,1H3,(H,28,29,30,31)/t17-,19-/m1/s1. The van der Waals surface area contributed by atoms with Crippen molar-refractivity contribution in [3.8, 4) is 11.8 Å². The lowest BCUT2D eigenvalue weighted by Gasteiger charge is -2.37. The number of ether oxygens (including phenoxy) is 2. The Kier molecular flexibility index (Phi) is 6.38. The lowest BCUT2D eigenvalue weighted by molar-refractivity contribution is 0.0600. The average Bonchev–Trinajstić information content (AvgIpc) is 2.89. The first-order valence-corrected chi connectivity index (χ1v) is 11.3. The fraction of sp³-hybridized carbons (Fsp3) is 0.231. The van der Waals surface area contributed by atoms with Crippen molar-refractivity contribution in [3.05, 3.63) is 84.2 Å². The number of esters is 1. The van der Waals surface area contributed by atoms with Crippen LogP contribution in [0.5, 0.6) is 11.8 Å². The third kappa shape index (κ3) is 5.13. The number of rotatable bonds is 6. The first-order chi connectivity index (χ1) is 17.1. The number of para-hydroxylation sites is 1. The summed E-state index contributed by atoms with van der Waals surface area (Å²) in [5.74, 6) is 0.884. The van der Waals surface area contributed by atoms with E-state index in [1.807, 2.05) is 0 Å². The number of benzene rings is 2. The molecule has 0 amide bonds. The van der Waals surface area contributed by atoms with Gasteiger partial charge in [0, 0.05) is 19.0 Å². The van der Waals surface area contributed by atoms with Crippen LogP contribution in [0.1, 0.15) is 16.8 Å². The van der Waals surface area contributed by atoms with Crippen molar-refractivity contribution in [2.45, 2.75) is 6.42 Å². The molecule has 178 valence electrons. The SMILES string of the molecule is COC(=O)c1cccc(Oc2nc(Nc3ccccc3F)nc(N3CC[C@H]4C=CC=C[C@@H]4C3)n2)c1. The normalized spacial score (nSPS) is 18.6. The zero-order valence-corrected chi connectivity index (χ0v) is 19.1. The minimum Gasteiger partial charge on any atom is -0.465 e. The van der Waals surface area contributed by atoms with E-state index >= 15 is 0 Å². The van der Waals surface area contributed by atoms with Gasteiger partial charge in [-0.1, -0.05) is 42.5 Å². The lowest BCUT2D eigenvalue weighted by Crippen LogP contribution is -2.40. The Morgan fingerprint density at radius 3 is 2.71 bits per heavy atom. The summed E-state index contributed by atoms with van der Waals surface area (Å²) >= 11 is 0. The predicted octanol–water partition coefficient (Wildman–Crippen LogP) is 4.90. The number of piperidine rings is 1. The second-order valence-electron chi connectivity index (χ2n) is 8.30. The number of fused-ring (bicyclic) bond motifs is 1. The van der Waals surface area contributed by atoms with Gasteiger partial charge >= 0.3 is 12.0 Å². The molecule has 2 atom stereocenters. The van der Waals surface area contributed by atoms with Crippen LogP contribution < -0.4 is 15.0 Å². The third-order valence-corrected chi connectivity index (χ3v) is 6.01. The Bertz CT molecular complexity index is 1300. The van der Waals surface area contributed by atoms with Crippen LogP contribution in [0.2, 0.25) is 0 Å². The summed E-state index contributed by atoms with van der Waals surface area (Å²) in [5, 5.41) is 2.93. The van der Waals surface area contributed by atoms with E-state index in [4.69, 9.17) is 9.47 Å². The van der Waals surface area contributed by atoms with E-state index < -0.39 is 11.8 Å². The molecule has 35 heavy (non-hydrogen) atoms. The number of carbonyl (C=O) groups is 1. The number of halogens is 1. The molecule has 1 aromatic heterocycles. The largest absolute Gasteiger partial charge is 0.465 e. The van der Waals surface area contributed by atoms with Crippen molar-refractivity contribution in [3.63, 3.8) is 0 Å². The van der Waals surface area contributed by atoms with Gasteiger partial charge in [-0.15, -0.1) is 0 Å². The highest BCUT2D eigenvalue weighted by Gasteiger charge is 2.29. The Morgan fingerprint density at radius 1 is 1.06 bits per heavy atom. The van der Waals surface area contributed by atoms with E-state index in [0.29, 0.717) is 29.1 Å². The molecule has 0 radical (unpaired) electrons. The molecule has 2 aliphatic rings. The lowest BCUT2D eigenvalue weighted by atomic mass is 9.83. The smallest absolute Gasteiger partial charge is 0.337 e. The summed E-state index contributed by atoms with van der Waals surface area (Å²) in [4.78, 5) is 27.4. The summed E-state index contributed by atoms with van der Waals surface area (Å²) in [6, 6.07) is 12.8. The van der Waals surface area contributed by atoms with Gasteiger partial charge in [-0.05, 0) is 42.7 Å². The van der Waals surface area contributed by atoms with Crippen LogP contribution in [-0.4, -0.2) is 41.1 Å². The number of allylic oxidation sites excluding steroid dienone is 3. The summed E-state index contributed by atoms with van der Waals surface area (Å²) in [6.07, 6.45) is 9.55. The predicted molar refractivity (Wildman–Crippen MR) is 129 cm³/mol. The average molecular weight is 474 g/mol. The zero-order chi connectivity index (χ0) is 24.2. The first-order valence-electron chi connectivity index (χ1n) is 11.3. The zero-order valence-electron chi connectivity index (χ0n) is 19.1. The summed E-state index contributed by atoms with van der Waals surface area (Å²) in [6.45, 7) is 1.51. The molecule has 2 heterocycles. The maximum atomic E-state index is 14.3. The quantitative estimate of drug-likeness (QED) is 0.506. The van der Waals surface area contributed by atoms with Crippen molar-refractivity contribution in [1.82, 2.24) is 15.0 Å². The molecule has 5 rings (SSSR count). The molecule has 1 aliphatic carbocycles. The van der Waals surface area contributed by atoms with E-state index in [1.54, 1.807) is 42.5 Å². The van der Waals surface area contributed by atoms with Crippen LogP contribution in [0, 0.1) is 17.7 Å². The van der Waals surface area contributed by atoms with E-state index in [2.05, 4.69) is 49.5 Å². The van der Waals surface area contributed by atoms with Gasteiger partial charge in [0.25, 0.3) is 0 Å². The molecule has 9 heteroatoms. The molecule has 1 aliphatic heterocycles. The van der Waals surface area contributed by atoms with Crippen LogP contribution in [0.4, 0.5) is 22.0 Å². The van der Waals surface area contributed by atoms with E-state index in [9.17, 15) is 9.18 Å². The number of nitrogens with zero attached hydrogens (tertiary/aromatic N) is 4. The fourth-order valence-electron chi connectivity index (χ4n) is 4.22. The molecule has 0 spiro atoms. The molecule has 1 N–H and O–H groups in total. The monoisotopic (exact) mass is 473 g/mol. The molecule has 0 unspecified atom stereocenters. The Labute approximate surface area is 202 Å². The minimum atomic E-state index is -0.480. The van der Waals surface area contributed by atoms with Crippen LogP contribution in [-0.2, 0) is 4.74 Å². The highest BCUT2D eigenvalue weighted by atomic mass is 19.1. The molecular weight excluding hydrogens is 449 g/mol. The topological polar surface area (TPSA) is 89.5 Å². The molecule has 8 nitrogen and oxygen atoms in total.